The molecule has 1 aromatic rings. The first-order chi connectivity index (χ1) is 8.08. The Balaban J connectivity index is 2.78. The van der Waals surface area contributed by atoms with E-state index in [4.69, 9.17) is 10.6 Å². The van der Waals surface area contributed by atoms with Gasteiger partial charge in [0.15, 0.2) is 17.7 Å². The molecule has 0 saturated heterocycles. The molecule has 0 aromatic heterocycles. The highest BCUT2D eigenvalue weighted by molar-refractivity contribution is 5.80. The second-order valence-electron chi connectivity index (χ2n) is 3.48. The number of rotatable bonds is 5. The van der Waals surface area contributed by atoms with Crippen molar-refractivity contribution in [3.63, 3.8) is 0 Å². The van der Waals surface area contributed by atoms with Gasteiger partial charge in [0.05, 0.1) is 0 Å². The van der Waals surface area contributed by atoms with Crippen LogP contribution >= 0.6 is 0 Å². The predicted octanol–water partition coefficient (Wildman–Crippen LogP) is 1.50. The lowest BCUT2D eigenvalue weighted by Crippen LogP contribution is -2.42. The zero-order valence-corrected chi connectivity index (χ0v) is 9.37. The van der Waals surface area contributed by atoms with Gasteiger partial charge in [-0.3, -0.25) is 10.2 Å². The zero-order valence-electron chi connectivity index (χ0n) is 9.37. The van der Waals surface area contributed by atoms with Gasteiger partial charge in [-0.2, -0.15) is 0 Å². The number of ether oxygens (including phenoxy) is 1. The molecule has 0 aliphatic rings. The Kier molecular flexibility index (Phi) is 4.84. The molecule has 4 nitrogen and oxygen atoms in total. The first kappa shape index (κ1) is 13.4. The van der Waals surface area contributed by atoms with Crippen LogP contribution < -0.4 is 16.0 Å². The van der Waals surface area contributed by atoms with Gasteiger partial charge in [0, 0.05) is 6.07 Å². The van der Waals surface area contributed by atoms with Gasteiger partial charge in [-0.15, -0.1) is 0 Å². The third kappa shape index (κ3) is 3.67. The van der Waals surface area contributed by atoms with Gasteiger partial charge in [-0.25, -0.2) is 14.6 Å². The Bertz CT molecular complexity index is 399. The van der Waals surface area contributed by atoms with E-state index in [0.717, 1.165) is 12.1 Å². The lowest BCUT2D eigenvalue weighted by Gasteiger charge is -2.16. The number of hydrogen-bond donors (Lipinski definition) is 2. The molecule has 0 fully saturated rings. The van der Waals surface area contributed by atoms with E-state index >= 15 is 0 Å². The third-order valence-electron chi connectivity index (χ3n) is 2.15. The van der Waals surface area contributed by atoms with Crippen LogP contribution in [0.1, 0.15) is 19.8 Å². The van der Waals surface area contributed by atoms with Gasteiger partial charge in [0.1, 0.15) is 5.75 Å². The fourth-order valence-corrected chi connectivity index (χ4v) is 1.31. The minimum absolute atomic E-state index is 0.0888. The van der Waals surface area contributed by atoms with Crippen molar-refractivity contribution in [2.75, 3.05) is 0 Å². The van der Waals surface area contributed by atoms with Gasteiger partial charge < -0.3 is 4.74 Å². The number of amides is 1. The van der Waals surface area contributed by atoms with E-state index in [1.165, 1.54) is 6.07 Å². The van der Waals surface area contributed by atoms with Crippen LogP contribution in [0, 0.1) is 11.6 Å². The van der Waals surface area contributed by atoms with Crippen molar-refractivity contribution >= 4 is 5.91 Å². The monoisotopic (exact) mass is 244 g/mol. The maximum Gasteiger partial charge on any atom is 0.274 e. The largest absolute Gasteiger partial charge is 0.480 e. The summed E-state index contributed by atoms with van der Waals surface area (Å²) >= 11 is 0. The molecule has 1 unspecified atom stereocenters. The standard InChI is InChI=1S/C11H14F2N2O2/c1-2-3-10(11(16)15-14)17-7-4-5-8(12)9(13)6-7/h4-6,10H,2-3,14H2,1H3,(H,15,16). The van der Waals surface area contributed by atoms with Gasteiger partial charge in [-0.1, -0.05) is 13.3 Å². The minimum Gasteiger partial charge on any atom is -0.480 e. The van der Waals surface area contributed by atoms with Gasteiger partial charge in [0.25, 0.3) is 5.91 Å². The summed E-state index contributed by atoms with van der Waals surface area (Å²) in [5, 5.41) is 0. The molecule has 0 aliphatic carbocycles. The zero-order chi connectivity index (χ0) is 12.8. The third-order valence-corrected chi connectivity index (χ3v) is 2.15. The highest BCUT2D eigenvalue weighted by atomic mass is 19.2. The Labute approximate surface area is 97.7 Å². The molecule has 0 spiro atoms. The maximum absolute atomic E-state index is 12.9. The smallest absolute Gasteiger partial charge is 0.274 e. The van der Waals surface area contributed by atoms with Crippen LogP contribution in [0.15, 0.2) is 18.2 Å². The van der Waals surface area contributed by atoms with Gasteiger partial charge in [0.2, 0.25) is 0 Å². The molecular formula is C11H14F2N2O2. The lowest BCUT2D eigenvalue weighted by atomic mass is 10.2. The molecule has 94 valence electrons. The molecule has 6 heteroatoms. The van der Waals surface area contributed by atoms with E-state index in [-0.39, 0.29) is 5.75 Å². The van der Waals surface area contributed by atoms with Crippen LogP contribution in [0.5, 0.6) is 5.75 Å². The molecular weight excluding hydrogens is 230 g/mol. The molecule has 1 aromatic carbocycles. The number of carbonyl (C=O) groups is 1. The average Bonchev–Trinajstić information content (AvgIpc) is 2.32. The highest BCUT2D eigenvalue weighted by Gasteiger charge is 2.18. The van der Waals surface area contributed by atoms with Crippen molar-refractivity contribution in [1.29, 1.82) is 0 Å². The molecule has 0 saturated carbocycles. The van der Waals surface area contributed by atoms with E-state index in [9.17, 15) is 13.6 Å². The Hall–Kier alpha value is -1.69. The first-order valence-corrected chi connectivity index (χ1v) is 5.20. The van der Waals surface area contributed by atoms with E-state index in [1.54, 1.807) is 0 Å². The van der Waals surface area contributed by atoms with E-state index in [0.29, 0.717) is 12.8 Å². The Morgan fingerprint density at radius 3 is 2.71 bits per heavy atom. The average molecular weight is 244 g/mol. The minimum atomic E-state index is -1.02. The number of hydrazine groups is 1. The van der Waals surface area contributed by atoms with Crippen LogP contribution in [-0.4, -0.2) is 12.0 Å². The molecule has 0 radical (unpaired) electrons. The maximum atomic E-state index is 12.9. The van der Waals surface area contributed by atoms with Crippen LogP contribution in [0.3, 0.4) is 0 Å². The van der Waals surface area contributed by atoms with Crippen LogP contribution in [0.2, 0.25) is 0 Å². The molecule has 17 heavy (non-hydrogen) atoms. The summed E-state index contributed by atoms with van der Waals surface area (Å²) in [5.74, 6) is 2.60. The Morgan fingerprint density at radius 2 is 2.18 bits per heavy atom. The number of halogens is 2. The van der Waals surface area contributed by atoms with E-state index in [2.05, 4.69) is 0 Å². The topological polar surface area (TPSA) is 64.3 Å². The summed E-state index contributed by atoms with van der Waals surface area (Å²) < 4.78 is 30.8. The number of nitrogens with one attached hydrogen (secondary N) is 1. The molecule has 0 bridgehead atoms. The Morgan fingerprint density at radius 1 is 1.47 bits per heavy atom. The van der Waals surface area contributed by atoms with Crippen molar-refractivity contribution in [2.24, 2.45) is 5.84 Å². The molecule has 0 heterocycles. The molecule has 3 N–H and O–H groups in total. The van der Waals surface area contributed by atoms with Crippen LogP contribution in [0.25, 0.3) is 0 Å². The van der Waals surface area contributed by atoms with Crippen molar-refractivity contribution in [3.05, 3.63) is 29.8 Å². The molecule has 1 amide bonds. The summed E-state index contributed by atoms with van der Waals surface area (Å²) in [4.78, 5) is 11.3. The number of benzene rings is 1. The van der Waals surface area contributed by atoms with Crippen molar-refractivity contribution < 1.29 is 18.3 Å². The lowest BCUT2D eigenvalue weighted by molar-refractivity contribution is -0.128. The fraction of sp³-hybridized carbons (Fsp3) is 0.364. The molecule has 0 aliphatic heterocycles. The van der Waals surface area contributed by atoms with Crippen molar-refractivity contribution in [1.82, 2.24) is 5.43 Å². The summed E-state index contributed by atoms with van der Waals surface area (Å²) in [6.45, 7) is 1.87. The van der Waals surface area contributed by atoms with Gasteiger partial charge in [-0.05, 0) is 18.6 Å². The van der Waals surface area contributed by atoms with Crippen LogP contribution in [0.4, 0.5) is 8.78 Å². The second-order valence-corrected chi connectivity index (χ2v) is 3.48. The summed E-state index contributed by atoms with van der Waals surface area (Å²) in [7, 11) is 0. The van der Waals surface area contributed by atoms with Crippen LogP contribution in [-0.2, 0) is 4.79 Å². The van der Waals surface area contributed by atoms with Crippen molar-refractivity contribution in [2.45, 2.75) is 25.9 Å². The van der Waals surface area contributed by atoms with E-state index in [1.807, 2.05) is 12.3 Å². The second kappa shape index (κ2) is 6.15. The normalized spacial score (nSPS) is 12.0. The van der Waals surface area contributed by atoms with E-state index < -0.39 is 23.6 Å². The SMILES string of the molecule is CCCC(Oc1ccc(F)c(F)c1)C(=O)NN. The molecule has 1 atom stereocenters. The molecule has 1 rings (SSSR count). The number of nitrogens with two attached hydrogens (primary N) is 1. The predicted molar refractivity (Wildman–Crippen MR) is 58.0 cm³/mol. The first-order valence-electron chi connectivity index (χ1n) is 5.20. The summed E-state index contributed by atoms with van der Waals surface area (Å²) in [5.41, 5.74) is 1.96. The van der Waals surface area contributed by atoms with Gasteiger partial charge >= 0.3 is 0 Å². The van der Waals surface area contributed by atoms with Crippen molar-refractivity contribution in [3.8, 4) is 5.75 Å². The number of carbonyl (C=O) groups excluding carboxylic acids is 1. The summed E-state index contributed by atoms with van der Waals surface area (Å²) in [6, 6.07) is 3.08. The summed E-state index contributed by atoms with van der Waals surface area (Å²) in [6.07, 6.45) is 0.318. The number of hydrogen-bond acceptors (Lipinski definition) is 3. The fourth-order valence-electron chi connectivity index (χ4n) is 1.31. The quantitative estimate of drug-likeness (QED) is 0.468. The highest BCUT2D eigenvalue weighted by Crippen LogP contribution is 2.18.